The summed E-state index contributed by atoms with van der Waals surface area (Å²) in [5.74, 6) is -2.15. The van der Waals surface area contributed by atoms with Crippen LogP contribution in [0.5, 0.6) is 0 Å². The molecule has 0 aliphatic heterocycles. The largest absolute Gasteiger partial charge is 0.481 e. The summed E-state index contributed by atoms with van der Waals surface area (Å²) in [5, 5.41) is 14.3. The van der Waals surface area contributed by atoms with Crippen molar-refractivity contribution in [2.75, 3.05) is 11.9 Å². The standard InChI is InChI=1S/C24H19BrClN3O5/c25-19-9-13(11-27-22(19)26)28-23(32)20(10-21(30)31)29-24(33)34-12-18-16-7-3-1-5-14(16)15-6-2-4-8-17(15)18/h1-9,11,18,20H,10,12H2,(H,28,32)(H,29,33)(H,30,31). The van der Waals surface area contributed by atoms with Crippen LogP contribution < -0.4 is 10.6 Å². The highest BCUT2D eigenvalue weighted by atomic mass is 79.9. The summed E-state index contributed by atoms with van der Waals surface area (Å²) in [4.78, 5) is 40.4. The van der Waals surface area contributed by atoms with E-state index in [1.54, 1.807) is 0 Å². The molecule has 8 nitrogen and oxygen atoms in total. The van der Waals surface area contributed by atoms with E-state index in [1.165, 1.54) is 12.3 Å². The number of carboxylic acids is 1. The van der Waals surface area contributed by atoms with Gasteiger partial charge in [0.25, 0.3) is 0 Å². The van der Waals surface area contributed by atoms with Gasteiger partial charge in [0, 0.05) is 5.92 Å². The van der Waals surface area contributed by atoms with Crippen molar-refractivity contribution < 1.29 is 24.2 Å². The molecule has 0 saturated carbocycles. The maximum Gasteiger partial charge on any atom is 0.407 e. The number of carbonyl (C=O) groups excluding carboxylic acids is 2. The number of carbonyl (C=O) groups is 3. The van der Waals surface area contributed by atoms with Gasteiger partial charge < -0.3 is 20.5 Å². The predicted molar refractivity (Wildman–Crippen MR) is 130 cm³/mol. The van der Waals surface area contributed by atoms with Gasteiger partial charge in [-0.15, -0.1) is 0 Å². The molecule has 1 atom stereocenters. The number of ether oxygens (including phenoxy) is 1. The van der Waals surface area contributed by atoms with E-state index < -0.39 is 30.4 Å². The van der Waals surface area contributed by atoms with Crippen molar-refractivity contribution in [3.8, 4) is 11.1 Å². The third-order valence-electron chi connectivity index (χ3n) is 5.39. The Morgan fingerprint density at radius 2 is 1.71 bits per heavy atom. The van der Waals surface area contributed by atoms with E-state index in [1.807, 2.05) is 48.5 Å². The van der Waals surface area contributed by atoms with Crippen molar-refractivity contribution in [2.24, 2.45) is 0 Å². The van der Waals surface area contributed by atoms with Gasteiger partial charge in [0.05, 0.1) is 22.8 Å². The molecular formula is C24H19BrClN3O5. The SMILES string of the molecule is O=C(O)CC(NC(=O)OCC1c2ccccc2-c2ccccc21)C(=O)Nc1cnc(Cl)c(Br)c1. The fraction of sp³-hybridized carbons (Fsp3) is 0.167. The minimum Gasteiger partial charge on any atom is -0.481 e. The van der Waals surface area contributed by atoms with E-state index in [0.29, 0.717) is 4.47 Å². The van der Waals surface area contributed by atoms with Crippen LogP contribution in [-0.4, -0.2) is 40.7 Å². The van der Waals surface area contributed by atoms with Crippen molar-refractivity contribution >= 4 is 51.2 Å². The lowest BCUT2D eigenvalue weighted by atomic mass is 9.98. The first-order chi connectivity index (χ1) is 16.3. The number of rotatable bonds is 7. The summed E-state index contributed by atoms with van der Waals surface area (Å²) in [7, 11) is 0. The minimum atomic E-state index is -1.36. The molecule has 0 bridgehead atoms. The summed E-state index contributed by atoms with van der Waals surface area (Å²) in [5.41, 5.74) is 4.52. The Bertz CT molecular complexity index is 1220. The molecule has 1 aliphatic carbocycles. The Kier molecular flexibility index (Phi) is 7.14. The van der Waals surface area contributed by atoms with Crippen molar-refractivity contribution in [2.45, 2.75) is 18.4 Å². The number of aliphatic carboxylic acids is 1. The molecule has 2 amide bonds. The zero-order chi connectivity index (χ0) is 24.2. The molecule has 0 spiro atoms. The molecule has 0 fully saturated rings. The second-order valence-electron chi connectivity index (χ2n) is 7.61. The van der Waals surface area contributed by atoms with Crippen LogP contribution in [0.1, 0.15) is 23.5 Å². The quantitative estimate of drug-likeness (QED) is 0.367. The normalized spacial score (nSPS) is 12.9. The number of hydrogen-bond acceptors (Lipinski definition) is 5. The summed E-state index contributed by atoms with van der Waals surface area (Å²) >= 11 is 9.05. The van der Waals surface area contributed by atoms with E-state index >= 15 is 0 Å². The molecule has 0 saturated heterocycles. The first kappa shape index (κ1) is 23.7. The number of halogens is 2. The molecule has 0 radical (unpaired) electrons. The number of nitrogens with one attached hydrogen (secondary N) is 2. The smallest absolute Gasteiger partial charge is 0.407 e. The highest BCUT2D eigenvalue weighted by molar-refractivity contribution is 9.10. The zero-order valence-corrected chi connectivity index (χ0v) is 20.0. The molecule has 1 unspecified atom stereocenters. The molecule has 3 aromatic rings. The van der Waals surface area contributed by atoms with Gasteiger partial charge >= 0.3 is 12.1 Å². The van der Waals surface area contributed by atoms with Crippen molar-refractivity contribution in [1.82, 2.24) is 10.3 Å². The Balaban J connectivity index is 1.43. The first-order valence-electron chi connectivity index (χ1n) is 10.3. The topological polar surface area (TPSA) is 118 Å². The molecule has 3 N–H and O–H groups in total. The first-order valence-corrected chi connectivity index (χ1v) is 11.5. The summed E-state index contributed by atoms with van der Waals surface area (Å²) in [6, 6.07) is 15.9. The van der Waals surface area contributed by atoms with Gasteiger partial charge in [0.2, 0.25) is 5.91 Å². The summed E-state index contributed by atoms with van der Waals surface area (Å²) in [6.07, 6.45) is -0.201. The number of amides is 2. The van der Waals surface area contributed by atoms with Crippen LogP contribution in [0, 0.1) is 0 Å². The van der Waals surface area contributed by atoms with Gasteiger partial charge in [-0.2, -0.15) is 0 Å². The van der Waals surface area contributed by atoms with Gasteiger partial charge in [-0.3, -0.25) is 9.59 Å². The van der Waals surface area contributed by atoms with Crippen LogP contribution in [0.4, 0.5) is 10.5 Å². The van der Waals surface area contributed by atoms with Gasteiger partial charge in [0.15, 0.2) is 0 Å². The van der Waals surface area contributed by atoms with E-state index in [9.17, 15) is 19.5 Å². The molecule has 4 rings (SSSR count). The van der Waals surface area contributed by atoms with E-state index in [4.69, 9.17) is 16.3 Å². The van der Waals surface area contributed by atoms with Crippen molar-refractivity contribution in [3.63, 3.8) is 0 Å². The molecule has 1 heterocycles. The number of alkyl carbamates (subject to hydrolysis) is 1. The fourth-order valence-electron chi connectivity index (χ4n) is 3.89. The van der Waals surface area contributed by atoms with Crippen LogP contribution in [0.3, 0.4) is 0 Å². The number of pyridine rings is 1. The molecule has 1 aromatic heterocycles. The predicted octanol–water partition coefficient (Wildman–Crippen LogP) is 4.82. The van der Waals surface area contributed by atoms with Crippen LogP contribution in [0.25, 0.3) is 11.1 Å². The van der Waals surface area contributed by atoms with Crippen LogP contribution >= 0.6 is 27.5 Å². The average Bonchev–Trinajstić information content (AvgIpc) is 3.13. The molecule has 174 valence electrons. The van der Waals surface area contributed by atoms with Crippen molar-refractivity contribution in [1.29, 1.82) is 0 Å². The lowest BCUT2D eigenvalue weighted by Gasteiger charge is -2.18. The summed E-state index contributed by atoms with van der Waals surface area (Å²) in [6.45, 7) is 0.0370. The van der Waals surface area contributed by atoms with Crippen LogP contribution in [-0.2, 0) is 14.3 Å². The van der Waals surface area contributed by atoms with Gasteiger partial charge in [0.1, 0.15) is 17.8 Å². The number of aromatic nitrogens is 1. The summed E-state index contributed by atoms with van der Waals surface area (Å²) < 4.78 is 5.88. The second-order valence-corrected chi connectivity index (χ2v) is 8.82. The Hall–Kier alpha value is -3.43. The Labute approximate surface area is 208 Å². The third kappa shape index (κ3) is 5.21. The van der Waals surface area contributed by atoms with Crippen molar-refractivity contribution in [3.05, 3.63) is 81.5 Å². The lowest BCUT2D eigenvalue weighted by molar-refractivity contribution is -0.139. The highest BCUT2D eigenvalue weighted by Crippen LogP contribution is 2.44. The second kappa shape index (κ2) is 10.2. The van der Waals surface area contributed by atoms with Gasteiger partial charge in [-0.25, -0.2) is 9.78 Å². The Morgan fingerprint density at radius 1 is 1.09 bits per heavy atom. The average molecular weight is 545 g/mol. The number of fused-ring (bicyclic) bond motifs is 3. The number of hydrogen-bond donors (Lipinski definition) is 3. The van der Waals surface area contributed by atoms with Crippen LogP contribution in [0.2, 0.25) is 5.15 Å². The van der Waals surface area contributed by atoms with Gasteiger partial charge in [-0.05, 0) is 44.3 Å². The number of nitrogens with zero attached hydrogens (tertiary/aromatic N) is 1. The third-order valence-corrected chi connectivity index (χ3v) is 6.53. The molecule has 1 aliphatic rings. The van der Waals surface area contributed by atoms with E-state index in [0.717, 1.165) is 22.3 Å². The lowest BCUT2D eigenvalue weighted by Crippen LogP contribution is -2.45. The maximum absolute atomic E-state index is 12.6. The monoisotopic (exact) mass is 543 g/mol. The number of benzene rings is 2. The van der Waals surface area contributed by atoms with Crippen LogP contribution in [0.15, 0.2) is 65.3 Å². The molecule has 34 heavy (non-hydrogen) atoms. The minimum absolute atomic E-state index is 0.0370. The molecule has 2 aromatic carbocycles. The fourth-order valence-corrected chi connectivity index (χ4v) is 4.34. The van der Waals surface area contributed by atoms with Gasteiger partial charge in [-0.1, -0.05) is 60.1 Å². The van der Waals surface area contributed by atoms with E-state index in [-0.39, 0.29) is 23.4 Å². The number of anilines is 1. The Morgan fingerprint density at radius 3 is 2.29 bits per heavy atom. The zero-order valence-electron chi connectivity index (χ0n) is 17.6. The highest BCUT2D eigenvalue weighted by Gasteiger charge is 2.30. The van der Waals surface area contributed by atoms with E-state index in [2.05, 4.69) is 31.5 Å². The molecular weight excluding hydrogens is 526 g/mol. The molecule has 10 heteroatoms. The number of carboxylic acid groups (broad SMARTS) is 1. The maximum atomic E-state index is 12.6.